The van der Waals surface area contributed by atoms with Crippen LogP contribution in [0.15, 0.2) is 30.3 Å². The fraction of sp³-hybridized carbons (Fsp3) is 0.250. The van der Waals surface area contributed by atoms with Gasteiger partial charge in [0.25, 0.3) is 0 Å². The summed E-state index contributed by atoms with van der Waals surface area (Å²) in [5.41, 5.74) is 1.05. The molecule has 0 unspecified atom stereocenters. The number of nitrogens with one attached hydrogen (secondary N) is 1. The minimum atomic E-state index is -4.67. The molecule has 0 spiro atoms. The first-order chi connectivity index (χ1) is 6.93. The summed E-state index contributed by atoms with van der Waals surface area (Å²) in [6, 6.07) is 9.81. The normalized spacial score (nSPS) is 8.88. The maximum absolute atomic E-state index is 8.74. The molecule has 0 saturated carbocycles. The molecule has 1 rings (SSSR count). The van der Waals surface area contributed by atoms with E-state index in [0.29, 0.717) is 6.54 Å². The largest absolute Gasteiger partial charge is 1.00 e. The van der Waals surface area contributed by atoms with Crippen LogP contribution in [0.5, 0.6) is 0 Å². The van der Waals surface area contributed by atoms with E-state index < -0.39 is 10.4 Å². The van der Waals surface area contributed by atoms with E-state index in [1.165, 1.54) is 0 Å². The summed E-state index contributed by atoms with van der Waals surface area (Å²) in [6.07, 6.45) is 0. The number of hydrogen-bond donors (Lipinski definition) is 4. The zero-order chi connectivity index (χ0) is 11.7. The molecule has 17 heavy (non-hydrogen) atoms. The summed E-state index contributed by atoms with van der Waals surface area (Å²) in [7, 11) is -4.67. The van der Waals surface area contributed by atoms with E-state index in [2.05, 4.69) is 5.32 Å². The van der Waals surface area contributed by atoms with E-state index in [4.69, 9.17) is 22.6 Å². The van der Waals surface area contributed by atoms with Crippen molar-refractivity contribution in [3.8, 4) is 0 Å². The number of aliphatic hydroxyl groups is 1. The van der Waals surface area contributed by atoms with Crippen molar-refractivity contribution in [2.75, 3.05) is 18.5 Å². The van der Waals surface area contributed by atoms with Crippen molar-refractivity contribution in [3.63, 3.8) is 0 Å². The molecule has 9 heteroatoms. The Kier molecular flexibility index (Phi) is 17.1. The molecule has 0 amide bonds. The van der Waals surface area contributed by atoms with E-state index in [9.17, 15) is 0 Å². The summed E-state index contributed by atoms with van der Waals surface area (Å²) in [5.74, 6) is 0. The molecule has 0 aromatic heterocycles. The summed E-state index contributed by atoms with van der Waals surface area (Å²) in [5, 5.41) is 11.5. The van der Waals surface area contributed by atoms with E-state index in [-0.39, 0.29) is 63.5 Å². The van der Waals surface area contributed by atoms with Crippen LogP contribution in [-0.2, 0) is 10.4 Å². The molecule has 5 N–H and O–H groups in total. The van der Waals surface area contributed by atoms with Crippen LogP contribution >= 0.6 is 0 Å². The molecule has 0 atom stereocenters. The molecular weight excluding hydrogens is 277 g/mol. The van der Waals surface area contributed by atoms with Crippen LogP contribution in [0.4, 0.5) is 5.69 Å². The van der Waals surface area contributed by atoms with Gasteiger partial charge in [0.05, 0.1) is 6.61 Å². The van der Waals surface area contributed by atoms with Crippen LogP contribution in [0.3, 0.4) is 0 Å². The van der Waals surface area contributed by atoms with E-state index >= 15 is 0 Å². The van der Waals surface area contributed by atoms with Crippen LogP contribution in [0.25, 0.3) is 0 Å². The monoisotopic (exact) mass is 291 g/mol. The molecule has 0 aliphatic heterocycles. The van der Waals surface area contributed by atoms with Crippen molar-refractivity contribution >= 4 is 16.1 Å². The molecule has 0 bridgehead atoms. The Bertz CT molecular complexity index is 350. The van der Waals surface area contributed by atoms with Gasteiger partial charge in [-0.2, -0.15) is 8.42 Å². The number of hydrogen-bond acceptors (Lipinski definition) is 5. The number of benzene rings is 1. The zero-order valence-electron chi connectivity index (χ0n) is 9.31. The Labute approximate surface area is 143 Å². The second kappa shape index (κ2) is 12.9. The fourth-order valence-electron chi connectivity index (χ4n) is 0.756. The maximum atomic E-state index is 8.74. The SMILES string of the molecule is O=S(=O)(O)O.OCCNc1ccccc1.[K+].[OH-]. The Morgan fingerprint density at radius 1 is 1.12 bits per heavy atom. The molecule has 7 nitrogen and oxygen atoms in total. The van der Waals surface area contributed by atoms with E-state index in [1.807, 2.05) is 30.3 Å². The van der Waals surface area contributed by atoms with Gasteiger partial charge < -0.3 is 15.9 Å². The minimum absolute atomic E-state index is 0. The molecule has 0 heterocycles. The molecule has 1 aromatic rings. The quantitative estimate of drug-likeness (QED) is 0.350. The van der Waals surface area contributed by atoms with Crippen LogP contribution in [-0.4, -0.2) is 41.3 Å². The van der Waals surface area contributed by atoms with Crippen molar-refractivity contribution in [3.05, 3.63) is 30.3 Å². The molecule has 0 aliphatic rings. The maximum Gasteiger partial charge on any atom is 1.00 e. The molecule has 94 valence electrons. The second-order valence-electron chi connectivity index (χ2n) is 2.46. The Morgan fingerprint density at radius 2 is 1.53 bits per heavy atom. The molecule has 0 saturated heterocycles. The van der Waals surface area contributed by atoms with Gasteiger partial charge in [-0.25, -0.2) is 0 Å². The third kappa shape index (κ3) is 22.2. The zero-order valence-corrected chi connectivity index (χ0v) is 13.3. The van der Waals surface area contributed by atoms with Gasteiger partial charge in [-0.15, -0.1) is 0 Å². The average Bonchev–Trinajstić information content (AvgIpc) is 2.14. The van der Waals surface area contributed by atoms with Gasteiger partial charge in [0, 0.05) is 12.2 Å². The van der Waals surface area contributed by atoms with Gasteiger partial charge >= 0.3 is 61.8 Å². The number of aliphatic hydroxyl groups excluding tert-OH is 1. The Balaban J connectivity index is -0.000000247. The molecule has 0 fully saturated rings. The summed E-state index contributed by atoms with van der Waals surface area (Å²) in [6.45, 7) is 0.791. The summed E-state index contributed by atoms with van der Waals surface area (Å²) in [4.78, 5) is 0. The van der Waals surface area contributed by atoms with E-state index in [0.717, 1.165) is 5.69 Å². The summed E-state index contributed by atoms with van der Waals surface area (Å²) >= 11 is 0. The predicted octanol–water partition coefficient (Wildman–Crippen LogP) is -2.73. The van der Waals surface area contributed by atoms with E-state index in [1.54, 1.807) is 0 Å². The first-order valence-electron chi connectivity index (χ1n) is 4.03. The van der Waals surface area contributed by atoms with Gasteiger partial charge in [-0.1, -0.05) is 18.2 Å². The Hall–Kier alpha value is 0.446. The van der Waals surface area contributed by atoms with Gasteiger partial charge in [0.15, 0.2) is 0 Å². The summed E-state index contributed by atoms with van der Waals surface area (Å²) < 4.78 is 31.6. The topological polar surface area (TPSA) is 137 Å². The van der Waals surface area contributed by atoms with Crippen molar-refractivity contribution in [2.45, 2.75) is 0 Å². The number of anilines is 1. The van der Waals surface area contributed by atoms with Crippen molar-refractivity contribution in [2.24, 2.45) is 0 Å². The minimum Gasteiger partial charge on any atom is -0.870 e. The van der Waals surface area contributed by atoms with Gasteiger partial charge in [-0.05, 0) is 12.1 Å². The van der Waals surface area contributed by atoms with Crippen molar-refractivity contribution in [1.82, 2.24) is 0 Å². The third-order valence-electron chi connectivity index (χ3n) is 1.21. The van der Waals surface area contributed by atoms with Crippen LogP contribution < -0.4 is 56.7 Å². The Morgan fingerprint density at radius 3 is 1.88 bits per heavy atom. The third-order valence-corrected chi connectivity index (χ3v) is 1.21. The standard InChI is InChI=1S/C8H11NO.K.H2O4S.H2O/c10-7-6-9-8-4-2-1-3-5-8;;1-5(2,3)4;/h1-5,9-10H,6-7H2;;(H2,1,2,3,4);1H2/q;+1;;/p-1. The average molecular weight is 291 g/mol. The molecule has 1 aromatic carbocycles. The van der Waals surface area contributed by atoms with Crippen molar-refractivity contribution < 1.29 is 79.5 Å². The van der Waals surface area contributed by atoms with Crippen LogP contribution in [0, 0.1) is 0 Å². The van der Waals surface area contributed by atoms with Crippen molar-refractivity contribution in [1.29, 1.82) is 0 Å². The fourth-order valence-corrected chi connectivity index (χ4v) is 0.756. The first kappa shape index (κ1) is 22.6. The molecule has 0 radical (unpaired) electrons. The van der Waals surface area contributed by atoms with Gasteiger partial charge in [0.2, 0.25) is 0 Å². The molecular formula is C8H14KNO6S. The molecule has 0 aliphatic carbocycles. The number of para-hydroxylation sites is 1. The smallest absolute Gasteiger partial charge is 0.870 e. The predicted molar refractivity (Wildman–Crippen MR) is 58.1 cm³/mol. The first-order valence-corrected chi connectivity index (χ1v) is 5.43. The van der Waals surface area contributed by atoms with Gasteiger partial charge in [0.1, 0.15) is 0 Å². The number of rotatable bonds is 3. The van der Waals surface area contributed by atoms with Gasteiger partial charge in [-0.3, -0.25) is 9.11 Å². The van der Waals surface area contributed by atoms with Crippen LogP contribution in [0.2, 0.25) is 0 Å². The van der Waals surface area contributed by atoms with Crippen LogP contribution in [0.1, 0.15) is 0 Å². The second-order valence-corrected chi connectivity index (χ2v) is 3.36.